The first-order valence-corrected chi connectivity index (χ1v) is 11.5. The molecular formula is C25H23ClFN5O3. The van der Waals surface area contributed by atoms with Crippen molar-refractivity contribution in [3.8, 4) is 17.3 Å². The van der Waals surface area contributed by atoms with Crippen LogP contribution in [0.2, 0.25) is 5.02 Å². The molecule has 1 atom stereocenters. The minimum Gasteiger partial charge on any atom is -0.481 e. The summed E-state index contributed by atoms with van der Waals surface area (Å²) in [6.07, 6.45) is 1.43. The fraction of sp³-hybridized carbons (Fsp3) is 0.280. The van der Waals surface area contributed by atoms with E-state index in [1.165, 1.54) is 16.5 Å². The first kappa shape index (κ1) is 23.2. The van der Waals surface area contributed by atoms with Gasteiger partial charge in [0.2, 0.25) is 5.88 Å². The van der Waals surface area contributed by atoms with Crippen molar-refractivity contribution in [1.82, 2.24) is 19.4 Å². The minimum atomic E-state index is -0.572. The molecule has 0 radical (unpaired) electrons. The standard InChI is InChI=1S/C25H23ClFN5O3/c1-14-15(2)29-22-12-21(30-24(32(22)25(14)33)18-5-4-17(26)11-19(18)27)31-8-9-35-20(13-31)16-6-7-28-23(10-16)34-3/h4-7,10-12,20H,8-9,13H2,1-3H3/t20-/m0/s1. The van der Waals surface area contributed by atoms with Gasteiger partial charge in [0.05, 0.1) is 19.3 Å². The molecule has 0 N–H and O–H groups in total. The number of morpholine rings is 1. The van der Waals surface area contributed by atoms with Crippen LogP contribution in [-0.2, 0) is 4.74 Å². The molecule has 180 valence electrons. The van der Waals surface area contributed by atoms with Crippen molar-refractivity contribution < 1.29 is 13.9 Å². The first-order valence-electron chi connectivity index (χ1n) is 11.1. The van der Waals surface area contributed by atoms with Gasteiger partial charge >= 0.3 is 0 Å². The number of benzene rings is 1. The van der Waals surface area contributed by atoms with Crippen LogP contribution in [0.15, 0.2) is 47.4 Å². The number of rotatable bonds is 4. The fourth-order valence-corrected chi connectivity index (χ4v) is 4.31. The van der Waals surface area contributed by atoms with E-state index in [9.17, 15) is 9.18 Å². The van der Waals surface area contributed by atoms with E-state index in [0.29, 0.717) is 48.3 Å². The average molecular weight is 496 g/mol. The van der Waals surface area contributed by atoms with Gasteiger partial charge in [-0.15, -0.1) is 0 Å². The van der Waals surface area contributed by atoms with Crippen LogP contribution in [0.25, 0.3) is 17.0 Å². The Kier molecular flexibility index (Phi) is 6.12. The lowest BCUT2D eigenvalue weighted by atomic mass is 10.1. The summed E-state index contributed by atoms with van der Waals surface area (Å²) >= 11 is 5.97. The van der Waals surface area contributed by atoms with E-state index in [1.54, 1.807) is 39.3 Å². The van der Waals surface area contributed by atoms with Crippen molar-refractivity contribution in [2.75, 3.05) is 31.7 Å². The molecule has 4 aromatic rings. The number of anilines is 1. The van der Waals surface area contributed by atoms with Crippen molar-refractivity contribution in [1.29, 1.82) is 0 Å². The van der Waals surface area contributed by atoms with Crippen molar-refractivity contribution in [2.45, 2.75) is 20.0 Å². The molecule has 4 heterocycles. The molecule has 35 heavy (non-hydrogen) atoms. The summed E-state index contributed by atoms with van der Waals surface area (Å²) in [5, 5.41) is 0.257. The number of halogens is 2. The lowest BCUT2D eigenvalue weighted by Gasteiger charge is -2.34. The lowest BCUT2D eigenvalue weighted by Crippen LogP contribution is -2.39. The van der Waals surface area contributed by atoms with Gasteiger partial charge in [-0.1, -0.05) is 11.6 Å². The van der Waals surface area contributed by atoms with Gasteiger partial charge in [0.15, 0.2) is 5.82 Å². The minimum absolute atomic E-state index is 0.164. The highest BCUT2D eigenvalue weighted by molar-refractivity contribution is 6.30. The maximum atomic E-state index is 15.0. The molecule has 10 heteroatoms. The molecule has 0 spiro atoms. The van der Waals surface area contributed by atoms with Gasteiger partial charge < -0.3 is 14.4 Å². The van der Waals surface area contributed by atoms with Crippen LogP contribution in [-0.4, -0.2) is 46.2 Å². The number of pyridine rings is 1. The Labute approximate surface area is 205 Å². The van der Waals surface area contributed by atoms with Gasteiger partial charge in [0.25, 0.3) is 5.56 Å². The van der Waals surface area contributed by atoms with Crippen molar-refractivity contribution >= 4 is 23.1 Å². The van der Waals surface area contributed by atoms with E-state index in [0.717, 1.165) is 5.56 Å². The normalized spacial score (nSPS) is 16.0. The molecule has 1 aliphatic rings. The Morgan fingerprint density at radius 3 is 2.77 bits per heavy atom. The molecule has 0 unspecified atom stereocenters. The molecule has 1 fully saturated rings. The zero-order valence-corrected chi connectivity index (χ0v) is 20.2. The number of methoxy groups -OCH3 is 1. The zero-order valence-electron chi connectivity index (χ0n) is 19.5. The van der Waals surface area contributed by atoms with Crippen LogP contribution in [0.1, 0.15) is 22.9 Å². The molecule has 8 nitrogen and oxygen atoms in total. The third-order valence-electron chi connectivity index (χ3n) is 6.17. The maximum Gasteiger partial charge on any atom is 0.262 e. The fourth-order valence-electron chi connectivity index (χ4n) is 4.15. The van der Waals surface area contributed by atoms with E-state index in [4.69, 9.17) is 26.1 Å². The molecule has 3 aromatic heterocycles. The van der Waals surface area contributed by atoms with Crippen molar-refractivity contribution in [3.05, 3.63) is 80.6 Å². The molecule has 0 amide bonds. The molecule has 1 aromatic carbocycles. The molecular weight excluding hydrogens is 473 g/mol. The van der Waals surface area contributed by atoms with Crippen LogP contribution >= 0.6 is 11.6 Å². The zero-order chi connectivity index (χ0) is 24.7. The predicted octanol–water partition coefficient (Wildman–Crippen LogP) is 4.15. The van der Waals surface area contributed by atoms with Gasteiger partial charge in [-0.25, -0.2) is 23.7 Å². The highest BCUT2D eigenvalue weighted by atomic mass is 35.5. The molecule has 5 rings (SSSR count). The summed E-state index contributed by atoms with van der Waals surface area (Å²) < 4.78 is 27.6. The summed E-state index contributed by atoms with van der Waals surface area (Å²) in [6.45, 7) is 5.00. The number of hydrogen-bond acceptors (Lipinski definition) is 7. The molecule has 0 bridgehead atoms. The van der Waals surface area contributed by atoms with Crippen LogP contribution < -0.4 is 15.2 Å². The number of fused-ring (bicyclic) bond motifs is 1. The van der Waals surface area contributed by atoms with Crippen LogP contribution in [0.3, 0.4) is 0 Å². The summed E-state index contributed by atoms with van der Waals surface area (Å²) in [4.78, 5) is 28.8. The summed E-state index contributed by atoms with van der Waals surface area (Å²) in [5.74, 6) is 0.666. The van der Waals surface area contributed by atoms with Crippen LogP contribution in [0.5, 0.6) is 5.88 Å². The monoisotopic (exact) mass is 495 g/mol. The average Bonchev–Trinajstić information content (AvgIpc) is 2.87. The number of ether oxygens (including phenoxy) is 2. The van der Waals surface area contributed by atoms with E-state index >= 15 is 0 Å². The van der Waals surface area contributed by atoms with Crippen LogP contribution in [0, 0.1) is 19.7 Å². The number of hydrogen-bond donors (Lipinski definition) is 0. The molecule has 0 saturated carbocycles. The smallest absolute Gasteiger partial charge is 0.262 e. The largest absolute Gasteiger partial charge is 0.481 e. The van der Waals surface area contributed by atoms with Gasteiger partial charge in [-0.2, -0.15) is 0 Å². The topological polar surface area (TPSA) is 81.9 Å². The van der Waals surface area contributed by atoms with Crippen LogP contribution in [0.4, 0.5) is 10.2 Å². The van der Waals surface area contributed by atoms with E-state index in [-0.39, 0.29) is 28.1 Å². The Morgan fingerprint density at radius 1 is 1.17 bits per heavy atom. The van der Waals surface area contributed by atoms with Crippen molar-refractivity contribution in [3.63, 3.8) is 0 Å². The molecule has 1 aliphatic heterocycles. The van der Waals surface area contributed by atoms with E-state index in [1.807, 2.05) is 17.0 Å². The highest BCUT2D eigenvalue weighted by Gasteiger charge is 2.26. The second-order valence-corrected chi connectivity index (χ2v) is 8.76. The summed E-state index contributed by atoms with van der Waals surface area (Å²) in [5.41, 5.74) is 2.27. The van der Waals surface area contributed by atoms with Crippen molar-refractivity contribution in [2.24, 2.45) is 0 Å². The SMILES string of the molecule is COc1cc([C@@H]2CN(c3cc4nc(C)c(C)c(=O)n4c(-c4ccc(Cl)cc4F)n3)CCO2)ccn1. The second-order valence-electron chi connectivity index (χ2n) is 8.32. The Balaban J connectivity index is 1.64. The highest BCUT2D eigenvalue weighted by Crippen LogP contribution is 2.30. The quantitative estimate of drug-likeness (QED) is 0.420. The Hall–Kier alpha value is -3.56. The van der Waals surface area contributed by atoms with E-state index in [2.05, 4.69) is 9.97 Å². The van der Waals surface area contributed by atoms with Gasteiger partial charge in [-0.3, -0.25) is 4.79 Å². The summed E-state index contributed by atoms with van der Waals surface area (Å²) in [7, 11) is 1.56. The lowest BCUT2D eigenvalue weighted by molar-refractivity contribution is 0.0393. The third-order valence-corrected chi connectivity index (χ3v) is 6.41. The Morgan fingerprint density at radius 2 is 2.00 bits per heavy atom. The van der Waals surface area contributed by atoms with Gasteiger partial charge in [0.1, 0.15) is 23.4 Å². The van der Waals surface area contributed by atoms with E-state index < -0.39 is 5.82 Å². The Bertz CT molecular complexity index is 1490. The first-order chi connectivity index (χ1) is 16.9. The molecule has 0 aliphatic carbocycles. The maximum absolute atomic E-state index is 15.0. The number of nitrogens with zero attached hydrogens (tertiary/aromatic N) is 5. The number of aryl methyl sites for hydroxylation is 1. The second kappa shape index (κ2) is 9.24. The van der Waals surface area contributed by atoms with Gasteiger partial charge in [0, 0.05) is 47.7 Å². The van der Waals surface area contributed by atoms with Gasteiger partial charge in [-0.05, 0) is 43.7 Å². The number of aromatic nitrogens is 4. The molecule has 1 saturated heterocycles. The third kappa shape index (κ3) is 4.33. The summed E-state index contributed by atoms with van der Waals surface area (Å²) in [6, 6.07) is 9.77. The predicted molar refractivity (Wildman–Crippen MR) is 131 cm³/mol.